The molecule has 0 saturated heterocycles. The Morgan fingerprint density at radius 2 is 1.62 bits per heavy atom. The van der Waals surface area contributed by atoms with Crippen LogP contribution in [0.3, 0.4) is 0 Å². The highest BCUT2D eigenvalue weighted by Crippen LogP contribution is 2.52. The van der Waals surface area contributed by atoms with Crippen molar-refractivity contribution in [1.29, 1.82) is 0 Å². The molecule has 2 aliphatic rings. The van der Waals surface area contributed by atoms with Crippen LogP contribution >= 0.6 is 0 Å². The van der Waals surface area contributed by atoms with Gasteiger partial charge in [-0.05, 0) is 38.0 Å². The summed E-state index contributed by atoms with van der Waals surface area (Å²) in [6, 6.07) is 0. The van der Waals surface area contributed by atoms with Crippen molar-refractivity contribution in [3.8, 4) is 0 Å². The normalized spacial score (nSPS) is 32.2. The lowest BCUT2D eigenvalue weighted by atomic mass is 9.64. The Morgan fingerprint density at radius 1 is 1.08 bits per heavy atom. The predicted molar refractivity (Wildman–Crippen MR) is 53.5 cm³/mol. The minimum atomic E-state index is 0.420. The zero-order chi connectivity index (χ0) is 9.31. The lowest BCUT2D eigenvalue weighted by Crippen LogP contribution is -2.35. The van der Waals surface area contributed by atoms with Crippen LogP contribution in [-0.2, 0) is 4.79 Å². The first-order valence-corrected chi connectivity index (χ1v) is 5.75. The standard InChI is InChI=1S/C12H20O/c1-10(13)11-6-2-3-7-12(11)8-4-5-9-12/h11H,2-9H2,1H3. The first kappa shape index (κ1) is 9.23. The van der Waals surface area contributed by atoms with Crippen LogP contribution in [0.25, 0.3) is 0 Å². The molecule has 1 heteroatoms. The van der Waals surface area contributed by atoms with Gasteiger partial charge in [-0.25, -0.2) is 0 Å². The van der Waals surface area contributed by atoms with E-state index in [-0.39, 0.29) is 0 Å². The average Bonchev–Trinajstić information content (AvgIpc) is 2.54. The quantitative estimate of drug-likeness (QED) is 0.605. The van der Waals surface area contributed by atoms with E-state index in [1.807, 2.05) is 0 Å². The maximum atomic E-state index is 11.6. The van der Waals surface area contributed by atoms with Gasteiger partial charge in [0.05, 0.1) is 0 Å². The number of carbonyl (C=O) groups is 1. The highest BCUT2D eigenvalue weighted by atomic mass is 16.1. The van der Waals surface area contributed by atoms with Gasteiger partial charge >= 0.3 is 0 Å². The van der Waals surface area contributed by atoms with Gasteiger partial charge in [-0.2, -0.15) is 0 Å². The fourth-order valence-electron chi connectivity index (χ4n) is 3.62. The van der Waals surface area contributed by atoms with Crippen LogP contribution in [0.4, 0.5) is 0 Å². The Labute approximate surface area is 80.9 Å². The minimum Gasteiger partial charge on any atom is -0.300 e. The SMILES string of the molecule is CC(=O)C1CCCCC12CCCC2. The average molecular weight is 180 g/mol. The van der Waals surface area contributed by atoms with Gasteiger partial charge in [0.25, 0.3) is 0 Å². The summed E-state index contributed by atoms with van der Waals surface area (Å²) >= 11 is 0. The molecule has 0 aliphatic heterocycles. The highest BCUT2D eigenvalue weighted by Gasteiger charge is 2.44. The molecule has 13 heavy (non-hydrogen) atoms. The molecule has 0 heterocycles. The summed E-state index contributed by atoms with van der Waals surface area (Å²) in [6.07, 6.45) is 10.5. The number of hydrogen-bond acceptors (Lipinski definition) is 1. The van der Waals surface area contributed by atoms with Crippen LogP contribution in [0.1, 0.15) is 58.3 Å². The molecule has 1 unspecified atom stereocenters. The van der Waals surface area contributed by atoms with E-state index in [2.05, 4.69) is 0 Å². The van der Waals surface area contributed by atoms with Gasteiger partial charge in [-0.15, -0.1) is 0 Å². The molecule has 1 atom stereocenters. The fourth-order valence-corrected chi connectivity index (χ4v) is 3.62. The lowest BCUT2D eigenvalue weighted by Gasteiger charge is -2.40. The van der Waals surface area contributed by atoms with Gasteiger partial charge in [0.2, 0.25) is 0 Å². The van der Waals surface area contributed by atoms with E-state index < -0.39 is 0 Å². The Bertz CT molecular complexity index is 201. The van der Waals surface area contributed by atoms with E-state index in [4.69, 9.17) is 0 Å². The van der Waals surface area contributed by atoms with Crippen molar-refractivity contribution in [2.24, 2.45) is 11.3 Å². The van der Waals surface area contributed by atoms with Crippen LogP contribution in [0.5, 0.6) is 0 Å². The van der Waals surface area contributed by atoms with E-state index in [1.165, 1.54) is 51.4 Å². The molecule has 1 spiro atoms. The molecule has 2 fully saturated rings. The predicted octanol–water partition coefficient (Wildman–Crippen LogP) is 3.33. The molecular formula is C12H20O. The molecule has 2 saturated carbocycles. The zero-order valence-electron chi connectivity index (χ0n) is 8.64. The van der Waals surface area contributed by atoms with Crippen LogP contribution in [0.2, 0.25) is 0 Å². The third kappa shape index (κ3) is 1.53. The van der Waals surface area contributed by atoms with Gasteiger partial charge in [0.15, 0.2) is 0 Å². The smallest absolute Gasteiger partial charge is 0.133 e. The second-order valence-electron chi connectivity index (χ2n) is 4.98. The summed E-state index contributed by atoms with van der Waals surface area (Å²) in [7, 11) is 0. The molecule has 74 valence electrons. The summed E-state index contributed by atoms with van der Waals surface area (Å²) in [5, 5.41) is 0. The molecule has 0 aromatic carbocycles. The molecular weight excluding hydrogens is 160 g/mol. The number of rotatable bonds is 1. The van der Waals surface area contributed by atoms with E-state index in [9.17, 15) is 4.79 Å². The second-order valence-corrected chi connectivity index (χ2v) is 4.98. The Hall–Kier alpha value is -0.330. The van der Waals surface area contributed by atoms with E-state index in [0.717, 1.165) is 0 Å². The second kappa shape index (κ2) is 3.43. The largest absolute Gasteiger partial charge is 0.300 e. The molecule has 1 nitrogen and oxygen atoms in total. The van der Waals surface area contributed by atoms with Crippen molar-refractivity contribution in [3.63, 3.8) is 0 Å². The number of ketones is 1. The summed E-state index contributed by atoms with van der Waals surface area (Å²) in [4.78, 5) is 11.6. The van der Waals surface area contributed by atoms with E-state index >= 15 is 0 Å². The molecule has 2 rings (SSSR count). The van der Waals surface area contributed by atoms with Crippen molar-refractivity contribution in [2.75, 3.05) is 0 Å². The summed E-state index contributed by atoms with van der Waals surface area (Å²) in [5.74, 6) is 0.880. The maximum absolute atomic E-state index is 11.6. The van der Waals surface area contributed by atoms with Crippen LogP contribution in [0.15, 0.2) is 0 Å². The third-order valence-electron chi connectivity index (χ3n) is 4.25. The minimum absolute atomic E-state index is 0.420. The topological polar surface area (TPSA) is 17.1 Å². The molecule has 0 aromatic rings. The van der Waals surface area contributed by atoms with Crippen molar-refractivity contribution >= 4 is 5.78 Å². The molecule has 0 amide bonds. The Balaban J connectivity index is 2.16. The summed E-state index contributed by atoms with van der Waals surface area (Å²) in [5.41, 5.74) is 0.462. The lowest BCUT2D eigenvalue weighted by molar-refractivity contribution is -0.126. The van der Waals surface area contributed by atoms with Gasteiger partial charge in [0.1, 0.15) is 5.78 Å². The Kier molecular flexibility index (Phi) is 2.44. The number of Topliss-reactive ketones (excluding diaryl/α,β-unsaturated/α-hetero) is 1. The molecule has 2 aliphatic carbocycles. The summed E-state index contributed by atoms with van der Waals surface area (Å²) in [6.45, 7) is 1.80. The van der Waals surface area contributed by atoms with E-state index in [1.54, 1.807) is 6.92 Å². The maximum Gasteiger partial charge on any atom is 0.133 e. The third-order valence-corrected chi connectivity index (χ3v) is 4.25. The van der Waals surface area contributed by atoms with Crippen molar-refractivity contribution in [2.45, 2.75) is 58.3 Å². The fraction of sp³-hybridized carbons (Fsp3) is 0.917. The van der Waals surface area contributed by atoms with Gasteiger partial charge in [-0.3, -0.25) is 4.79 Å². The van der Waals surface area contributed by atoms with Crippen LogP contribution < -0.4 is 0 Å². The van der Waals surface area contributed by atoms with Crippen molar-refractivity contribution in [3.05, 3.63) is 0 Å². The first-order chi connectivity index (χ1) is 6.25. The number of carbonyl (C=O) groups excluding carboxylic acids is 1. The van der Waals surface area contributed by atoms with E-state index in [0.29, 0.717) is 17.1 Å². The molecule has 0 N–H and O–H groups in total. The monoisotopic (exact) mass is 180 g/mol. The van der Waals surface area contributed by atoms with Gasteiger partial charge in [0, 0.05) is 5.92 Å². The van der Waals surface area contributed by atoms with Gasteiger partial charge < -0.3 is 0 Å². The summed E-state index contributed by atoms with van der Waals surface area (Å²) < 4.78 is 0. The molecule has 0 aromatic heterocycles. The number of hydrogen-bond donors (Lipinski definition) is 0. The highest BCUT2D eigenvalue weighted by molar-refractivity contribution is 5.79. The van der Waals surface area contributed by atoms with Gasteiger partial charge in [-0.1, -0.05) is 25.7 Å². The van der Waals surface area contributed by atoms with Crippen molar-refractivity contribution < 1.29 is 4.79 Å². The zero-order valence-corrected chi connectivity index (χ0v) is 8.64. The van der Waals surface area contributed by atoms with Crippen molar-refractivity contribution in [1.82, 2.24) is 0 Å². The van der Waals surface area contributed by atoms with Crippen LogP contribution in [-0.4, -0.2) is 5.78 Å². The Morgan fingerprint density at radius 3 is 2.15 bits per heavy atom. The molecule has 0 radical (unpaired) electrons. The first-order valence-electron chi connectivity index (χ1n) is 5.75. The molecule has 0 bridgehead atoms. The van der Waals surface area contributed by atoms with Crippen LogP contribution in [0, 0.1) is 11.3 Å².